The van der Waals surface area contributed by atoms with Gasteiger partial charge >= 0.3 is 0 Å². The zero-order valence-corrected chi connectivity index (χ0v) is 19.0. The number of nitrogens with zero attached hydrogens (tertiary/aromatic N) is 5. The number of anilines is 2. The van der Waals surface area contributed by atoms with Crippen LogP contribution in [0, 0.1) is 0 Å². The molecule has 4 rings (SSSR count). The number of hydrogen-bond donors (Lipinski definition) is 1. The maximum absolute atomic E-state index is 12.3. The molecule has 32 heavy (non-hydrogen) atoms. The minimum Gasteiger partial charge on any atom is -0.369 e. The van der Waals surface area contributed by atoms with Gasteiger partial charge in [-0.15, -0.1) is 0 Å². The van der Waals surface area contributed by atoms with Crippen molar-refractivity contribution in [1.29, 1.82) is 0 Å². The molecule has 2 aromatic rings. The highest BCUT2D eigenvalue weighted by Crippen LogP contribution is 2.17. The average molecular weight is 439 g/mol. The fourth-order valence-electron chi connectivity index (χ4n) is 4.41. The first-order chi connectivity index (χ1) is 15.6. The van der Waals surface area contributed by atoms with E-state index in [4.69, 9.17) is 4.98 Å². The molecule has 172 valence electrons. The van der Waals surface area contributed by atoms with Crippen LogP contribution in [0.25, 0.3) is 0 Å². The third kappa shape index (κ3) is 5.68. The van der Waals surface area contributed by atoms with Gasteiger partial charge in [-0.05, 0) is 18.6 Å². The highest BCUT2D eigenvalue weighted by Gasteiger charge is 2.23. The molecule has 8 nitrogen and oxygen atoms in total. The van der Waals surface area contributed by atoms with Crippen molar-refractivity contribution in [1.82, 2.24) is 19.8 Å². The SMILES string of the molecule is CCCCC(=O)N1CCN(c2nc(CN3CCN(c4ccccc4)CC3)cc(=O)[nH]2)CC1. The number of aromatic amines is 1. The van der Waals surface area contributed by atoms with Gasteiger partial charge in [-0.2, -0.15) is 0 Å². The molecule has 1 amide bonds. The van der Waals surface area contributed by atoms with Gasteiger partial charge in [-0.3, -0.25) is 19.5 Å². The molecule has 2 aliphatic rings. The Hall–Kier alpha value is -2.87. The predicted octanol–water partition coefficient (Wildman–Crippen LogP) is 1.93. The van der Waals surface area contributed by atoms with Gasteiger partial charge in [0.05, 0.1) is 5.69 Å². The number of amides is 1. The monoisotopic (exact) mass is 438 g/mol. The number of piperazine rings is 2. The molecule has 0 aliphatic carbocycles. The molecule has 0 radical (unpaired) electrons. The molecule has 0 saturated carbocycles. The van der Waals surface area contributed by atoms with Crippen molar-refractivity contribution in [3.8, 4) is 0 Å². The van der Waals surface area contributed by atoms with E-state index in [0.29, 0.717) is 45.1 Å². The molecule has 2 fully saturated rings. The summed E-state index contributed by atoms with van der Waals surface area (Å²) in [5, 5.41) is 0. The van der Waals surface area contributed by atoms with E-state index in [2.05, 4.69) is 50.9 Å². The molecule has 0 bridgehead atoms. The minimum absolute atomic E-state index is 0.116. The van der Waals surface area contributed by atoms with Crippen molar-refractivity contribution < 1.29 is 4.79 Å². The van der Waals surface area contributed by atoms with Crippen molar-refractivity contribution in [2.45, 2.75) is 32.7 Å². The number of carbonyl (C=O) groups excluding carboxylic acids is 1. The summed E-state index contributed by atoms with van der Waals surface area (Å²) < 4.78 is 0. The number of rotatable bonds is 7. The summed E-state index contributed by atoms with van der Waals surface area (Å²) in [6, 6.07) is 12.1. The van der Waals surface area contributed by atoms with Crippen LogP contribution in [0.4, 0.5) is 11.6 Å². The fourth-order valence-corrected chi connectivity index (χ4v) is 4.41. The van der Waals surface area contributed by atoms with Gasteiger partial charge in [0.1, 0.15) is 0 Å². The molecule has 1 aromatic heterocycles. The highest BCUT2D eigenvalue weighted by molar-refractivity contribution is 5.76. The molecule has 0 unspecified atom stereocenters. The van der Waals surface area contributed by atoms with Crippen molar-refractivity contribution in [3.05, 3.63) is 52.4 Å². The predicted molar refractivity (Wildman–Crippen MR) is 127 cm³/mol. The summed E-state index contributed by atoms with van der Waals surface area (Å²) in [5.74, 6) is 0.854. The Morgan fingerprint density at radius 2 is 1.66 bits per heavy atom. The van der Waals surface area contributed by atoms with E-state index >= 15 is 0 Å². The Morgan fingerprint density at radius 3 is 2.34 bits per heavy atom. The summed E-state index contributed by atoms with van der Waals surface area (Å²) in [7, 11) is 0. The number of hydrogen-bond acceptors (Lipinski definition) is 6. The summed E-state index contributed by atoms with van der Waals surface area (Å²) in [6.07, 6.45) is 2.60. The lowest BCUT2D eigenvalue weighted by Gasteiger charge is -2.36. The summed E-state index contributed by atoms with van der Waals surface area (Å²) in [4.78, 5) is 41.0. The van der Waals surface area contributed by atoms with Gasteiger partial charge in [-0.25, -0.2) is 4.98 Å². The maximum atomic E-state index is 12.3. The lowest BCUT2D eigenvalue weighted by Crippen LogP contribution is -2.49. The van der Waals surface area contributed by atoms with E-state index < -0.39 is 0 Å². The van der Waals surface area contributed by atoms with Crippen LogP contribution in [-0.4, -0.2) is 78.0 Å². The number of para-hydroxylation sites is 1. The Balaban J connectivity index is 1.32. The van der Waals surface area contributed by atoms with E-state index in [9.17, 15) is 9.59 Å². The number of aromatic nitrogens is 2. The molecule has 0 spiro atoms. The van der Waals surface area contributed by atoms with E-state index in [-0.39, 0.29) is 11.5 Å². The Labute approximate surface area is 189 Å². The molecule has 3 heterocycles. The Morgan fingerprint density at radius 1 is 0.969 bits per heavy atom. The summed E-state index contributed by atoms with van der Waals surface area (Å²) in [6.45, 7) is 9.34. The largest absolute Gasteiger partial charge is 0.369 e. The normalized spacial score (nSPS) is 17.6. The zero-order valence-electron chi connectivity index (χ0n) is 19.0. The van der Waals surface area contributed by atoms with Gasteiger partial charge in [0.15, 0.2) is 0 Å². The first-order valence-electron chi connectivity index (χ1n) is 11.8. The van der Waals surface area contributed by atoms with E-state index in [0.717, 1.165) is 44.7 Å². The number of unbranched alkanes of at least 4 members (excludes halogenated alkanes) is 1. The summed E-state index contributed by atoms with van der Waals surface area (Å²) >= 11 is 0. The number of carbonyl (C=O) groups is 1. The van der Waals surface area contributed by atoms with E-state index in [1.165, 1.54) is 5.69 Å². The quantitative estimate of drug-likeness (QED) is 0.712. The second-order valence-electron chi connectivity index (χ2n) is 8.63. The smallest absolute Gasteiger partial charge is 0.252 e. The third-order valence-electron chi connectivity index (χ3n) is 6.34. The fraction of sp³-hybridized carbons (Fsp3) is 0.542. The van der Waals surface area contributed by atoms with Crippen LogP contribution in [-0.2, 0) is 11.3 Å². The van der Waals surface area contributed by atoms with Crippen molar-refractivity contribution in [2.75, 3.05) is 62.2 Å². The van der Waals surface area contributed by atoms with Crippen LogP contribution in [0.2, 0.25) is 0 Å². The zero-order chi connectivity index (χ0) is 22.3. The summed E-state index contributed by atoms with van der Waals surface area (Å²) in [5.41, 5.74) is 1.95. The lowest BCUT2D eigenvalue weighted by molar-refractivity contribution is -0.131. The van der Waals surface area contributed by atoms with Gasteiger partial charge in [0, 0.05) is 77.1 Å². The lowest BCUT2D eigenvalue weighted by atomic mass is 10.2. The number of H-pyrrole nitrogens is 1. The molecular weight excluding hydrogens is 404 g/mol. The molecular formula is C24H34N6O2. The van der Waals surface area contributed by atoms with Gasteiger partial charge in [0.25, 0.3) is 5.56 Å². The van der Waals surface area contributed by atoms with Crippen LogP contribution in [0.3, 0.4) is 0 Å². The minimum atomic E-state index is -0.116. The van der Waals surface area contributed by atoms with Crippen LogP contribution < -0.4 is 15.4 Å². The van der Waals surface area contributed by atoms with Crippen molar-refractivity contribution in [3.63, 3.8) is 0 Å². The van der Waals surface area contributed by atoms with Gasteiger partial charge in [-0.1, -0.05) is 31.5 Å². The standard InChI is InChI=1S/C24H34N6O2/c1-2-3-9-23(32)29-14-16-30(17-15-29)24-25-20(18-22(31)26-24)19-27-10-12-28(13-11-27)21-7-5-4-6-8-21/h4-8,18H,2-3,9-17,19H2,1H3,(H,25,26,31). The van der Waals surface area contributed by atoms with E-state index in [1.54, 1.807) is 6.07 Å². The van der Waals surface area contributed by atoms with Crippen LogP contribution in [0.5, 0.6) is 0 Å². The van der Waals surface area contributed by atoms with Crippen molar-refractivity contribution >= 4 is 17.5 Å². The number of nitrogens with one attached hydrogen (secondary N) is 1. The van der Waals surface area contributed by atoms with Crippen LogP contribution in [0.15, 0.2) is 41.2 Å². The average Bonchev–Trinajstić information content (AvgIpc) is 2.83. The molecule has 0 atom stereocenters. The molecule has 1 aromatic carbocycles. The van der Waals surface area contributed by atoms with E-state index in [1.807, 2.05) is 11.0 Å². The maximum Gasteiger partial charge on any atom is 0.252 e. The molecule has 8 heteroatoms. The second-order valence-corrected chi connectivity index (χ2v) is 8.63. The first kappa shape index (κ1) is 22.3. The Bertz CT molecular complexity index is 931. The first-order valence-corrected chi connectivity index (χ1v) is 11.8. The Kier molecular flexibility index (Phi) is 7.42. The van der Waals surface area contributed by atoms with Crippen LogP contribution in [0.1, 0.15) is 31.9 Å². The third-order valence-corrected chi connectivity index (χ3v) is 6.34. The molecule has 1 N–H and O–H groups in total. The van der Waals surface area contributed by atoms with Gasteiger partial charge < -0.3 is 14.7 Å². The van der Waals surface area contributed by atoms with Crippen LogP contribution >= 0.6 is 0 Å². The molecule has 2 aliphatic heterocycles. The second kappa shape index (κ2) is 10.6. The topological polar surface area (TPSA) is 75.8 Å². The van der Waals surface area contributed by atoms with Gasteiger partial charge in [0.2, 0.25) is 11.9 Å². The number of benzene rings is 1. The van der Waals surface area contributed by atoms with Crippen molar-refractivity contribution in [2.24, 2.45) is 0 Å². The highest BCUT2D eigenvalue weighted by atomic mass is 16.2. The molecule has 2 saturated heterocycles.